The minimum atomic E-state index is -0.207. The molecule has 0 aliphatic carbocycles. The van der Waals surface area contributed by atoms with Gasteiger partial charge >= 0.3 is 0 Å². The number of fused-ring (bicyclic) bond motifs is 4. The molecule has 2 aliphatic rings. The van der Waals surface area contributed by atoms with Gasteiger partial charge in [-0.3, -0.25) is 4.98 Å². The molecule has 2 N–H and O–H groups in total. The van der Waals surface area contributed by atoms with E-state index in [1.165, 1.54) is 5.56 Å². The van der Waals surface area contributed by atoms with Gasteiger partial charge in [0.2, 0.25) is 0 Å². The van der Waals surface area contributed by atoms with E-state index in [1.54, 1.807) is 12.1 Å². The van der Waals surface area contributed by atoms with E-state index < -0.39 is 0 Å². The molecule has 1 aromatic heterocycles. The molecular weight excluding hydrogens is 393 g/mol. The molecule has 0 saturated carbocycles. The average molecular weight is 422 g/mol. The summed E-state index contributed by atoms with van der Waals surface area (Å²) in [6.45, 7) is 3.74. The van der Waals surface area contributed by atoms with Crippen molar-refractivity contribution in [3.05, 3.63) is 59.5 Å². The molecule has 1 unspecified atom stereocenters. The number of hydrogen-bond donors (Lipinski definition) is 1. The molecular formula is C25H28FN3O2. The van der Waals surface area contributed by atoms with Crippen LogP contribution < -0.4 is 20.1 Å². The summed E-state index contributed by atoms with van der Waals surface area (Å²) in [6.07, 6.45) is 3.78. The fourth-order valence-corrected chi connectivity index (χ4v) is 4.78. The number of hydrogen-bond acceptors (Lipinski definition) is 5. The molecule has 0 amide bonds. The summed E-state index contributed by atoms with van der Waals surface area (Å²) in [5, 5.41) is 0.956. The standard InChI is InChI=1S/C25H28FN3O2/c1-16-4-9-21-22(28-16)10-11-24-25(21)31-20(15-30-24)14-29-19(3-2-12-27)8-6-17-5-7-18(26)13-23(17)29/h4-5,7,9-11,13,19-20H,2-3,6,8,12,14-15,27H2,1H3/t19?,20-/m0/s1. The van der Waals surface area contributed by atoms with Crippen LogP contribution in [0.3, 0.4) is 0 Å². The minimum absolute atomic E-state index is 0.158. The number of ether oxygens (including phenoxy) is 2. The molecule has 2 aromatic carbocycles. The highest BCUT2D eigenvalue weighted by atomic mass is 19.1. The Morgan fingerprint density at radius 1 is 1.19 bits per heavy atom. The van der Waals surface area contributed by atoms with E-state index >= 15 is 0 Å². The van der Waals surface area contributed by atoms with Crippen LogP contribution in [0.2, 0.25) is 0 Å². The largest absolute Gasteiger partial charge is 0.486 e. The van der Waals surface area contributed by atoms with E-state index in [-0.39, 0.29) is 11.9 Å². The van der Waals surface area contributed by atoms with Gasteiger partial charge in [0, 0.05) is 22.8 Å². The maximum absolute atomic E-state index is 14.1. The molecule has 162 valence electrons. The Bertz CT molecular complexity index is 1100. The third-order valence-electron chi connectivity index (χ3n) is 6.32. The van der Waals surface area contributed by atoms with E-state index in [1.807, 2.05) is 37.3 Å². The molecule has 2 aliphatic heterocycles. The van der Waals surface area contributed by atoms with Gasteiger partial charge in [0.25, 0.3) is 0 Å². The van der Waals surface area contributed by atoms with Crippen molar-refractivity contribution in [3.63, 3.8) is 0 Å². The lowest BCUT2D eigenvalue weighted by atomic mass is 9.92. The van der Waals surface area contributed by atoms with Crippen LogP contribution in [0, 0.1) is 12.7 Å². The van der Waals surface area contributed by atoms with Crippen LogP contribution in [0.25, 0.3) is 10.9 Å². The van der Waals surface area contributed by atoms with Crippen molar-refractivity contribution in [1.29, 1.82) is 0 Å². The minimum Gasteiger partial charge on any atom is -0.486 e. The Morgan fingerprint density at radius 2 is 2.10 bits per heavy atom. The monoisotopic (exact) mass is 421 g/mol. The predicted octanol–water partition coefficient (Wildman–Crippen LogP) is 4.38. The second kappa shape index (κ2) is 8.35. The van der Waals surface area contributed by atoms with Gasteiger partial charge in [0.1, 0.15) is 12.4 Å². The number of pyridine rings is 1. The zero-order chi connectivity index (χ0) is 21.4. The van der Waals surface area contributed by atoms with Gasteiger partial charge in [-0.1, -0.05) is 6.07 Å². The van der Waals surface area contributed by atoms with E-state index in [0.29, 0.717) is 25.7 Å². The third-order valence-corrected chi connectivity index (χ3v) is 6.32. The number of rotatable bonds is 5. The van der Waals surface area contributed by atoms with Gasteiger partial charge in [-0.05, 0) is 81.1 Å². The lowest BCUT2D eigenvalue weighted by Crippen LogP contribution is -2.48. The Balaban J connectivity index is 1.44. The average Bonchev–Trinajstić information content (AvgIpc) is 2.78. The molecule has 6 heteroatoms. The first-order chi connectivity index (χ1) is 15.1. The van der Waals surface area contributed by atoms with Crippen molar-refractivity contribution < 1.29 is 13.9 Å². The molecule has 5 rings (SSSR count). The summed E-state index contributed by atoms with van der Waals surface area (Å²) >= 11 is 0. The zero-order valence-corrected chi connectivity index (χ0v) is 17.8. The maximum Gasteiger partial charge on any atom is 0.171 e. The van der Waals surface area contributed by atoms with Crippen LogP contribution in [0.15, 0.2) is 42.5 Å². The summed E-state index contributed by atoms with van der Waals surface area (Å²) in [7, 11) is 0. The number of benzene rings is 2. The quantitative estimate of drug-likeness (QED) is 0.662. The molecule has 2 atom stereocenters. The number of aryl methyl sites for hydroxylation is 2. The summed E-state index contributed by atoms with van der Waals surface area (Å²) in [5.41, 5.74) is 9.80. The molecule has 31 heavy (non-hydrogen) atoms. The van der Waals surface area contributed by atoms with Crippen LogP contribution in [-0.4, -0.2) is 36.8 Å². The predicted molar refractivity (Wildman–Crippen MR) is 121 cm³/mol. The third kappa shape index (κ3) is 3.92. The number of nitrogens with zero attached hydrogens (tertiary/aromatic N) is 2. The van der Waals surface area contributed by atoms with E-state index in [4.69, 9.17) is 15.2 Å². The van der Waals surface area contributed by atoms with Gasteiger partial charge in [-0.25, -0.2) is 4.39 Å². The lowest BCUT2D eigenvalue weighted by Gasteiger charge is -2.41. The van der Waals surface area contributed by atoms with E-state index in [2.05, 4.69) is 9.88 Å². The Labute approximate surface area is 182 Å². The molecule has 0 bridgehead atoms. The molecule has 0 radical (unpaired) electrons. The Morgan fingerprint density at radius 3 is 2.97 bits per heavy atom. The first-order valence-electron chi connectivity index (χ1n) is 11.1. The second-order valence-electron chi connectivity index (χ2n) is 8.51. The second-order valence-corrected chi connectivity index (χ2v) is 8.51. The molecule has 3 aromatic rings. The Hall–Kier alpha value is -2.86. The van der Waals surface area contributed by atoms with Crippen molar-refractivity contribution in [3.8, 4) is 11.5 Å². The summed E-state index contributed by atoms with van der Waals surface area (Å²) in [5.74, 6) is 1.29. The van der Waals surface area contributed by atoms with Gasteiger partial charge < -0.3 is 20.1 Å². The van der Waals surface area contributed by atoms with E-state index in [0.717, 1.165) is 59.5 Å². The Kier molecular flexibility index (Phi) is 5.40. The molecule has 0 fully saturated rings. The highest BCUT2D eigenvalue weighted by Crippen LogP contribution is 2.40. The fraction of sp³-hybridized carbons (Fsp3) is 0.400. The lowest BCUT2D eigenvalue weighted by molar-refractivity contribution is 0.0951. The SMILES string of the molecule is Cc1ccc2c3c(ccc2n1)OC[C@H](CN1c2cc(F)ccc2CCC1CCCN)O3. The van der Waals surface area contributed by atoms with Crippen molar-refractivity contribution >= 4 is 16.6 Å². The van der Waals surface area contributed by atoms with Crippen molar-refractivity contribution in [2.75, 3.05) is 24.6 Å². The van der Waals surface area contributed by atoms with Gasteiger partial charge in [-0.2, -0.15) is 0 Å². The van der Waals surface area contributed by atoms with Gasteiger partial charge in [0.05, 0.1) is 12.1 Å². The molecule has 0 spiro atoms. The van der Waals surface area contributed by atoms with Crippen LogP contribution in [0.4, 0.5) is 10.1 Å². The van der Waals surface area contributed by atoms with Crippen LogP contribution >= 0.6 is 0 Å². The van der Waals surface area contributed by atoms with Crippen LogP contribution in [0.1, 0.15) is 30.5 Å². The first kappa shape index (κ1) is 20.1. The molecule has 0 saturated heterocycles. The highest BCUT2D eigenvalue weighted by Gasteiger charge is 2.31. The van der Waals surface area contributed by atoms with Crippen molar-refractivity contribution in [1.82, 2.24) is 4.98 Å². The van der Waals surface area contributed by atoms with Gasteiger partial charge in [0.15, 0.2) is 17.6 Å². The fourth-order valence-electron chi connectivity index (χ4n) is 4.78. The smallest absolute Gasteiger partial charge is 0.171 e. The highest BCUT2D eigenvalue weighted by molar-refractivity contribution is 5.88. The van der Waals surface area contributed by atoms with Crippen LogP contribution in [0.5, 0.6) is 11.5 Å². The molecule has 3 heterocycles. The normalized spacial score (nSPS) is 20.0. The first-order valence-corrected chi connectivity index (χ1v) is 11.1. The van der Waals surface area contributed by atoms with Gasteiger partial charge in [-0.15, -0.1) is 0 Å². The van der Waals surface area contributed by atoms with Crippen molar-refractivity contribution in [2.45, 2.75) is 44.8 Å². The van der Waals surface area contributed by atoms with E-state index in [9.17, 15) is 4.39 Å². The molecule has 5 nitrogen and oxygen atoms in total. The number of anilines is 1. The van der Waals surface area contributed by atoms with Crippen LogP contribution in [-0.2, 0) is 6.42 Å². The number of nitrogens with two attached hydrogens (primary N) is 1. The maximum atomic E-state index is 14.1. The number of aromatic nitrogens is 1. The van der Waals surface area contributed by atoms with Crippen molar-refractivity contribution in [2.24, 2.45) is 5.73 Å². The summed E-state index contributed by atoms with van der Waals surface area (Å²) < 4.78 is 26.7. The summed E-state index contributed by atoms with van der Waals surface area (Å²) in [6, 6.07) is 13.4. The number of halogens is 1. The summed E-state index contributed by atoms with van der Waals surface area (Å²) in [4.78, 5) is 6.92. The topological polar surface area (TPSA) is 60.6 Å². The zero-order valence-electron chi connectivity index (χ0n) is 17.8.